The molecule has 0 aliphatic carbocycles. The maximum absolute atomic E-state index is 5.18. The summed E-state index contributed by atoms with van der Waals surface area (Å²) in [6.45, 7) is 3.96. The van der Waals surface area contributed by atoms with Crippen molar-refractivity contribution in [2.24, 2.45) is 7.05 Å². The highest BCUT2D eigenvalue weighted by Crippen LogP contribution is 2.01. The van der Waals surface area contributed by atoms with Crippen molar-refractivity contribution < 1.29 is 4.40 Å². The summed E-state index contributed by atoms with van der Waals surface area (Å²) in [7, 11) is 1.93. The van der Waals surface area contributed by atoms with Crippen molar-refractivity contribution in [3.8, 4) is 0 Å². The summed E-state index contributed by atoms with van der Waals surface area (Å²) < 4.78 is 4.58. The summed E-state index contributed by atoms with van der Waals surface area (Å²) in [6.07, 6.45) is 1.83. The number of hydrogen-bond acceptors (Lipinski definition) is 2. The van der Waals surface area contributed by atoms with Crippen LogP contribution in [0.15, 0.2) is 6.20 Å². The lowest BCUT2D eigenvalue weighted by molar-refractivity contribution is -0.528. The summed E-state index contributed by atoms with van der Waals surface area (Å²) in [5.41, 5.74) is 3.04. The Morgan fingerprint density at radius 2 is 2.23 bits per heavy atom. The SMILES string of the molecule is Cc1ncc(C)[n+]2c(=S)[nH]n(C)c12. The number of aryl methyl sites for hydroxylation is 3. The lowest BCUT2D eigenvalue weighted by Crippen LogP contribution is -2.27. The molecule has 0 radical (unpaired) electrons. The molecular weight excluding hydrogens is 184 g/mol. The third-order valence-electron chi connectivity index (χ3n) is 2.12. The summed E-state index contributed by atoms with van der Waals surface area (Å²) in [5.74, 6) is 0. The van der Waals surface area contributed by atoms with Gasteiger partial charge in [-0.25, -0.2) is 0 Å². The Hall–Kier alpha value is -1.23. The smallest absolute Gasteiger partial charge is 0.251 e. The third-order valence-corrected chi connectivity index (χ3v) is 2.39. The second-order valence-corrected chi connectivity index (χ2v) is 3.51. The van der Waals surface area contributed by atoms with Crippen LogP contribution < -0.4 is 4.40 Å². The van der Waals surface area contributed by atoms with Gasteiger partial charge in [0.1, 0.15) is 11.4 Å². The molecule has 2 aromatic heterocycles. The largest absolute Gasteiger partial charge is 0.328 e. The van der Waals surface area contributed by atoms with Gasteiger partial charge < -0.3 is 0 Å². The van der Waals surface area contributed by atoms with Crippen LogP contribution in [-0.4, -0.2) is 14.8 Å². The van der Waals surface area contributed by atoms with Crippen LogP contribution in [0.1, 0.15) is 11.4 Å². The lowest BCUT2D eigenvalue weighted by Gasteiger charge is -1.95. The molecule has 0 saturated carbocycles. The summed E-state index contributed by atoms with van der Waals surface area (Å²) in [4.78, 5) is 4.27. The Bertz CT molecular complexity index is 523. The van der Waals surface area contributed by atoms with E-state index in [9.17, 15) is 0 Å². The molecule has 0 aromatic carbocycles. The normalized spacial score (nSPS) is 11.0. The van der Waals surface area contributed by atoms with Crippen LogP contribution in [0.25, 0.3) is 5.65 Å². The number of fused-ring (bicyclic) bond motifs is 1. The van der Waals surface area contributed by atoms with Crippen LogP contribution in [0.4, 0.5) is 0 Å². The lowest BCUT2D eigenvalue weighted by atomic mass is 10.4. The number of nitrogens with one attached hydrogen (secondary N) is 1. The molecule has 0 unspecified atom stereocenters. The molecule has 1 N–H and O–H groups in total. The number of aromatic nitrogens is 4. The quantitative estimate of drug-likeness (QED) is 0.499. The predicted molar refractivity (Wildman–Crippen MR) is 51.0 cm³/mol. The molecule has 2 heterocycles. The van der Waals surface area contributed by atoms with Gasteiger partial charge in [-0.05, 0) is 26.1 Å². The molecule has 0 atom stereocenters. The number of nitrogens with zero attached hydrogens (tertiary/aromatic N) is 3. The standard InChI is InChI=1S/C8H10N4S/c1-5-4-9-6(2)7-11(3)10-8(13)12(5)7/h4H,1-3H3/p+1. The molecule has 0 amide bonds. The molecule has 0 aliphatic rings. The first-order valence-corrected chi connectivity index (χ1v) is 4.45. The van der Waals surface area contributed by atoms with Gasteiger partial charge in [-0.1, -0.05) is 0 Å². The van der Waals surface area contributed by atoms with E-state index in [0.717, 1.165) is 17.0 Å². The van der Waals surface area contributed by atoms with Crippen LogP contribution in [0.5, 0.6) is 0 Å². The molecule has 0 bridgehead atoms. The van der Waals surface area contributed by atoms with E-state index in [2.05, 4.69) is 10.1 Å². The van der Waals surface area contributed by atoms with E-state index in [0.29, 0.717) is 4.77 Å². The minimum atomic E-state index is 0.709. The summed E-state index contributed by atoms with van der Waals surface area (Å²) in [6, 6.07) is 0. The molecule has 2 aromatic rings. The second-order valence-electron chi connectivity index (χ2n) is 3.12. The number of aromatic amines is 1. The molecule has 5 heteroatoms. The zero-order valence-electron chi connectivity index (χ0n) is 7.83. The van der Waals surface area contributed by atoms with Gasteiger partial charge in [-0.3, -0.25) is 4.98 Å². The minimum Gasteiger partial charge on any atom is -0.251 e. The van der Waals surface area contributed by atoms with Gasteiger partial charge in [-0.15, -0.1) is 9.78 Å². The number of hydrogen-bond donors (Lipinski definition) is 1. The summed E-state index contributed by atoms with van der Waals surface area (Å²) >= 11 is 5.18. The van der Waals surface area contributed by atoms with Crippen molar-refractivity contribution in [2.45, 2.75) is 13.8 Å². The Kier molecular flexibility index (Phi) is 1.69. The van der Waals surface area contributed by atoms with Crippen molar-refractivity contribution in [3.63, 3.8) is 0 Å². The molecule has 0 fully saturated rings. The van der Waals surface area contributed by atoms with E-state index in [1.165, 1.54) is 0 Å². The second kappa shape index (κ2) is 2.63. The average molecular weight is 195 g/mol. The van der Waals surface area contributed by atoms with E-state index in [1.54, 1.807) is 0 Å². The van der Waals surface area contributed by atoms with E-state index >= 15 is 0 Å². The van der Waals surface area contributed by atoms with Crippen molar-refractivity contribution in [2.75, 3.05) is 0 Å². The van der Waals surface area contributed by atoms with Crippen molar-refractivity contribution in [1.29, 1.82) is 0 Å². The van der Waals surface area contributed by atoms with Gasteiger partial charge in [0.25, 0.3) is 5.65 Å². The highest BCUT2D eigenvalue weighted by Gasteiger charge is 2.13. The fourth-order valence-corrected chi connectivity index (χ4v) is 1.90. The average Bonchev–Trinajstić information content (AvgIpc) is 2.36. The third kappa shape index (κ3) is 1.07. The first-order valence-electron chi connectivity index (χ1n) is 4.04. The zero-order chi connectivity index (χ0) is 9.59. The monoisotopic (exact) mass is 195 g/mol. The van der Waals surface area contributed by atoms with E-state index in [1.807, 2.05) is 36.2 Å². The summed E-state index contributed by atoms with van der Waals surface area (Å²) in [5, 5.41) is 3.05. The van der Waals surface area contributed by atoms with Gasteiger partial charge in [0, 0.05) is 0 Å². The first-order chi connectivity index (χ1) is 6.11. The van der Waals surface area contributed by atoms with Crippen LogP contribution in [0.3, 0.4) is 0 Å². The molecule has 13 heavy (non-hydrogen) atoms. The van der Waals surface area contributed by atoms with Gasteiger partial charge in [-0.2, -0.15) is 4.40 Å². The van der Waals surface area contributed by atoms with E-state index < -0.39 is 0 Å². The van der Waals surface area contributed by atoms with Crippen LogP contribution in [0, 0.1) is 18.6 Å². The van der Waals surface area contributed by atoms with E-state index in [4.69, 9.17) is 12.2 Å². The Morgan fingerprint density at radius 1 is 1.54 bits per heavy atom. The first kappa shape index (κ1) is 8.37. The van der Waals surface area contributed by atoms with E-state index in [-0.39, 0.29) is 0 Å². The maximum Gasteiger partial charge on any atom is 0.328 e. The highest BCUT2D eigenvalue weighted by atomic mass is 32.1. The van der Waals surface area contributed by atoms with Gasteiger partial charge in [0.05, 0.1) is 13.2 Å². The Balaban J connectivity index is 3.12. The van der Waals surface area contributed by atoms with Gasteiger partial charge in [0.2, 0.25) is 0 Å². The van der Waals surface area contributed by atoms with Gasteiger partial charge in [0.15, 0.2) is 0 Å². The van der Waals surface area contributed by atoms with Crippen LogP contribution >= 0.6 is 12.2 Å². The fraction of sp³-hybridized carbons (Fsp3) is 0.375. The van der Waals surface area contributed by atoms with Crippen LogP contribution in [0.2, 0.25) is 0 Å². The fourth-order valence-electron chi connectivity index (χ4n) is 1.53. The topological polar surface area (TPSA) is 37.7 Å². The Morgan fingerprint density at radius 3 is 2.85 bits per heavy atom. The van der Waals surface area contributed by atoms with Gasteiger partial charge >= 0.3 is 4.77 Å². The zero-order valence-corrected chi connectivity index (χ0v) is 8.64. The predicted octanol–water partition coefficient (Wildman–Crippen LogP) is 0.833. The minimum absolute atomic E-state index is 0.709. The molecule has 0 saturated heterocycles. The van der Waals surface area contributed by atoms with Crippen molar-refractivity contribution >= 4 is 17.9 Å². The van der Waals surface area contributed by atoms with Crippen LogP contribution in [-0.2, 0) is 7.05 Å². The Labute approximate surface area is 80.8 Å². The number of H-pyrrole nitrogens is 1. The molecule has 68 valence electrons. The molecule has 4 nitrogen and oxygen atoms in total. The number of rotatable bonds is 0. The molecule has 0 spiro atoms. The molecule has 0 aliphatic heterocycles. The maximum atomic E-state index is 5.18. The van der Waals surface area contributed by atoms with Crippen molar-refractivity contribution in [3.05, 3.63) is 22.4 Å². The highest BCUT2D eigenvalue weighted by molar-refractivity contribution is 7.71. The van der Waals surface area contributed by atoms with Crippen molar-refractivity contribution in [1.82, 2.24) is 14.8 Å². The molecule has 2 rings (SSSR count). The molecular formula is C8H11N4S+.